The lowest BCUT2D eigenvalue weighted by molar-refractivity contribution is -0.138. The van der Waals surface area contributed by atoms with Crippen molar-refractivity contribution >= 4 is 21.8 Å². The molecule has 10 heteroatoms. The summed E-state index contributed by atoms with van der Waals surface area (Å²) in [7, 11) is 0. The Labute approximate surface area is 286 Å². The zero-order chi connectivity index (χ0) is 36.5. The molecule has 6 aromatic carbocycles. The summed E-state index contributed by atoms with van der Waals surface area (Å²) in [6, 6.07) is 29.3. The Bertz CT molecular complexity index is 2340. The topological polar surface area (TPSA) is 4.93 Å². The Morgan fingerprint density at radius 1 is 0.412 bits per heavy atom. The Kier molecular flexibility index (Phi) is 8.04. The van der Waals surface area contributed by atoms with Crippen LogP contribution >= 0.6 is 0 Å². The molecule has 0 aliphatic rings. The number of aromatic nitrogens is 1. The first kappa shape index (κ1) is 34.0. The summed E-state index contributed by atoms with van der Waals surface area (Å²) in [6.45, 7) is 3.12. The molecule has 0 amide bonds. The molecule has 0 saturated heterocycles. The first-order valence-electron chi connectivity index (χ1n) is 15.7. The lowest BCUT2D eigenvalue weighted by atomic mass is 9.96. The average Bonchev–Trinajstić information content (AvgIpc) is 3.39. The second-order valence-corrected chi connectivity index (χ2v) is 12.5. The van der Waals surface area contributed by atoms with Gasteiger partial charge in [0.1, 0.15) is 0 Å². The van der Waals surface area contributed by atoms with Crippen molar-refractivity contribution in [2.45, 2.75) is 32.4 Å². The molecule has 7 aromatic rings. The van der Waals surface area contributed by atoms with Gasteiger partial charge in [0.25, 0.3) is 0 Å². The maximum absolute atomic E-state index is 14.2. The van der Waals surface area contributed by atoms with E-state index < -0.39 is 35.2 Å². The summed E-state index contributed by atoms with van der Waals surface area (Å²) in [4.78, 5) is 0. The molecule has 1 aromatic heterocycles. The molecule has 0 aliphatic carbocycles. The van der Waals surface area contributed by atoms with Crippen LogP contribution in [0.25, 0.3) is 60.9 Å². The molecular formula is C41H26F9N. The van der Waals surface area contributed by atoms with Crippen LogP contribution in [-0.2, 0) is 18.5 Å². The average molecular weight is 704 g/mol. The fourth-order valence-electron chi connectivity index (χ4n) is 6.73. The fraction of sp³-hybridized carbons (Fsp3) is 0.122. The minimum atomic E-state index is -4.65. The lowest BCUT2D eigenvalue weighted by Gasteiger charge is -2.18. The number of aryl methyl sites for hydroxylation is 2. The van der Waals surface area contributed by atoms with Gasteiger partial charge in [0, 0.05) is 16.3 Å². The molecule has 0 unspecified atom stereocenters. The third-order valence-electron chi connectivity index (χ3n) is 8.91. The van der Waals surface area contributed by atoms with Crippen LogP contribution in [-0.4, -0.2) is 4.57 Å². The number of hydrogen-bond acceptors (Lipinski definition) is 0. The van der Waals surface area contributed by atoms with E-state index >= 15 is 0 Å². The molecule has 0 saturated carbocycles. The first-order valence-corrected chi connectivity index (χ1v) is 15.7. The summed E-state index contributed by atoms with van der Waals surface area (Å²) in [5.41, 5.74) is 1.51. The van der Waals surface area contributed by atoms with Gasteiger partial charge in [-0.25, -0.2) is 0 Å². The molecule has 0 atom stereocenters. The van der Waals surface area contributed by atoms with Gasteiger partial charge in [-0.3, -0.25) is 0 Å². The van der Waals surface area contributed by atoms with E-state index in [2.05, 4.69) is 0 Å². The predicted molar refractivity (Wildman–Crippen MR) is 182 cm³/mol. The number of benzene rings is 6. The number of nitrogens with zero attached hydrogens (tertiary/aromatic N) is 1. The highest BCUT2D eigenvalue weighted by atomic mass is 19.4. The van der Waals surface area contributed by atoms with Crippen molar-refractivity contribution in [2.75, 3.05) is 0 Å². The van der Waals surface area contributed by atoms with Crippen molar-refractivity contribution in [2.24, 2.45) is 0 Å². The standard InChI is InChI=1S/C41H26F9N/c1-23-15-27(19-29(17-23)39(42,43)44)25-11-13-37-33(21-25)34-22-26(28-16-24(2)18-30(20-28)40(45,46)47)12-14-38(34)51(37)36-10-6-4-8-32(36)31-7-3-5-9-35(31)41(48,49)50/h3-22H,1-2H3. The van der Waals surface area contributed by atoms with Crippen LogP contribution < -0.4 is 0 Å². The maximum atomic E-state index is 14.2. The molecule has 0 radical (unpaired) electrons. The van der Waals surface area contributed by atoms with E-state index in [-0.39, 0.29) is 11.1 Å². The van der Waals surface area contributed by atoms with E-state index in [1.54, 1.807) is 91.2 Å². The number of rotatable bonds is 4. The zero-order valence-electron chi connectivity index (χ0n) is 26.9. The van der Waals surface area contributed by atoms with Gasteiger partial charge in [0.2, 0.25) is 0 Å². The van der Waals surface area contributed by atoms with Crippen molar-refractivity contribution in [3.8, 4) is 39.1 Å². The summed E-state index contributed by atoms with van der Waals surface area (Å²) in [6.07, 6.45) is -13.8. The number of alkyl halides is 9. The molecule has 258 valence electrons. The van der Waals surface area contributed by atoms with Gasteiger partial charge in [-0.05, 0) is 113 Å². The lowest BCUT2D eigenvalue weighted by Crippen LogP contribution is -2.08. The second kappa shape index (κ2) is 12.1. The molecule has 0 N–H and O–H groups in total. The number of hydrogen-bond donors (Lipinski definition) is 0. The summed E-state index contributed by atoms with van der Waals surface area (Å²) in [5, 5.41) is 1.09. The van der Waals surface area contributed by atoms with Gasteiger partial charge in [-0.2, -0.15) is 39.5 Å². The quantitative estimate of drug-likeness (QED) is 0.161. The SMILES string of the molecule is Cc1cc(-c2ccc3c(c2)c2cc(-c4cc(C)cc(C(F)(F)F)c4)ccc2n3-c2ccccc2-c2ccccc2C(F)(F)F)cc(C(F)(F)F)c1. The highest BCUT2D eigenvalue weighted by molar-refractivity contribution is 6.12. The molecule has 51 heavy (non-hydrogen) atoms. The van der Waals surface area contributed by atoms with Crippen LogP contribution in [0, 0.1) is 13.8 Å². The highest BCUT2D eigenvalue weighted by Gasteiger charge is 2.35. The number of fused-ring (bicyclic) bond motifs is 3. The molecule has 1 nitrogen and oxygen atoms in total. The molecule has 0 aliphatic heterocycles. The third-order valence-corrected chi connectivity index (χ3v) is 8.91. The van der Waals surface area contributed by atoms with Crippen LogP contribution in [0.5, 0.6) is 0 Å². The van der Waals surface area contributed by atoms with Crippen molar-refractivity contribution in [1.29, 1.82) is 0 Å². The van der Waals surface area contributed by atoms with Crippen LogP contribution in [0.2, 0.25) is 0 Å². The van der Waals surface area contributed by atoms with Gasteiger partial charge in [0.15, 0.2) is 0 Å². The third kappa shape index (κ3) is 6.35. The van der Waals surface area contributed by atoms with E-state index in [1.165, 1.54) is 18.2 Å². The van der Waals surface area contributed by atoms with E-state index in [9.17, 15) is 39.5 Å². The second-order valence-electron chi connectivity index (χ2n) is 12.5. The fourth-order valence-corrected chi connectivity index (χ4v) is 6.73. The summed E-state index contributed by atoms with van der Waals surface area (Å²) in [5.74, 6) is 0. The molecule has 0 bridgehead atoms. The minimum absolute atomic E-state index is 0.0530. The Morgan fingerprint density at radius 3 is 1.33 bits per heavy atom. The number of para-hydroxylation sites is 1. The van der Waals surface area contributed by atoms with E-state index in [0.29, 0.717) is 60.9 Å². The minimum Gasteiger partial charge on any atom is -0.309 e. The van der Waals surface area contributed by atoms with Crippen molar-refractivity contribution < 1.29 is 39.5 Å². The van der Waals surface area contributed by atoms with Crippen LogP contribution in [0.15, 0.2) is 121 Å². The van der Waals surface area contributed by atoms with Crippen LogP contribution in [0.1, 0.15) is 27.8 Å². The Balaban J connectivity index is 1.53. The predicted octanol–water partition coefficient (Wildman–Crippen LogP) is 13.5. The largest absolute Gasteiger partial charge is 0.417 e. The maximum Gasteiger partial charge on any atom is 0.417 e. The normalized spacial score (nSPS) is 12.6. The highest BCUT2D eigenvalue weighted by Crippen LogP contribution is 2.44. The van der Waals surface area contributed by atoms with Crippen LogP contribution in [0.3, 0.4) is 0 Å². The van der Waals surface area contributed by atoms with E-state index in [1.807, 2.05) is 0 Å². The van der Waals surface area contributed by atoms with Gasteiger partial charge in [-0.15, -0.1) is 0 Å². The number of halogens is 9. The molecule has 0 spiro atoms. The van der Waals surface area contributed by atoms with Gasteiger partial charge < -0.3 is 4.57 Å². The zero-order valence-corrected chi connectivity index (χ0v) is 26.9. The molecule has 1 heterocycles. The van der Waals surface area contributed by atoms with E-state index in [0.717, 1.165) is 30.3 Å². The Hall–Kier alpha value is -5.51. The van der Waals surface area contributed by atoms with Crippen LogP contribution in [0.4, 0.5) is 39.5 Å². The Morgan fingerprint density at radius 2 is 0.863 bits per heavy atom. The van der Waals surface area contributed by atoms with Gasteiger partial charge in [-0.1, -0.05) is 60.7 Å². The van der Waals surface area contributed by atoms with Gasteiger partial charge >= 0.3 is 18.5 Å². The van der Waals surface area contributed by atoms with Crippen molar-refractivity contribution in [1.82, 2.24) is 4.57 Å². The molecular weight excluding hydrogens is 677 g/mol. The smallest absolute Gasteiger partial charge is 0.309 e. The van der Waals surface area contributed by atoms with Crippen molar-refractivity contribution in [3.05, 3.63) is 149 Å². The molecule has 0 fully saturated rings. The monoisotopic (exact) mass is 703 g/mol. The summed E-state index contributed by atoms with van der Waals surface area (Å²) < 4.78 is 127. The van der Waals surface area contributed by atoms with Gasteiger partial charge in [0.05, 0.1) is 33.4 Å². The van der Waals surface area contributed by atoms with E-state index in [4.69, 9.17) is 0 Å². The first-order chi connectivity index (χ1) is 24.0. The molecule has 7 rings (SSSR count). The summed E-state index contributed by atoms with van der Waals surface area (Å²) >= 11 is 0. The van der Waals surface area contributed by atoms with Crippen molar-refractivity contribution in [3.63, 3.8) is 0 Å².